The van der Waals surface area contributed by atoms with Gasteiger partial charge in [0.25, 0.3) is 5.91 Å². The van der Waals surface area contributed by atoms with Crippen molar-refractivity contribution >= 4 is 28.9 Å². The SMILES string of the molecule is CNc1cc(N2CCC(O)(CN(C)C(=O)c3cccs3)C2)ncn1. The number of rotatable bonds is 5. The van der Waals surface area contributed by atoms with Crippen LogP contribution >= 0.6 is 11.3 Å². The van der Waals surface area contributed by atoms with E-state index in [2.05, 4.69) is 15.3 Å². The van der Waals surface area contributed by atoms with Crippen LogP contribution in [0.2, 0.25) is 0 Å². The molecule has 2 aromatic rings. The maximum atomic E-state index is 12.4. The Hall–Kier alpha value is -2.19. The first kappa shape index (κ1) is 16.7. The normalized spacial score (nSPS) is 20.2. The Morgan fingerprint density at radius 1 is 1.54 bits per heavy atom. The van der Waals surface area contributed by atoms with E-state index >= 15 is 0 Å². The number of hydrogen-bond acceptors (Lipinski definition) is 7. The number of aliphatic hydroxyl groups is 1. The highest BCUT2D eigenvalue weighted by Crippen LogP contribution is 2.27. The Bertz CT molecular complexity index is 708. The minimum atomic E-state index is -0.938. The third-order valence-corrected chi connectivity index (χ3v) is 5.03. The number of likely N-dealkylation sites (N-methyl/N-ethyl adjacent to an activating group) is 1. The van der Waals surface area contributed by atoms with Crippen LogP contribution in [0, 0.1) is 0 Å². The van der Waals surface area contributed by atoms with Crippen LogP contribution < -0.4 is 10.2 Å². The summed E-state index contributed by atoms with van der Waals surface area (Å²) in [5, 5.41) is 15.7. The molecule has 2 aromatic heterocycles. The number of anilines is 2. The topological polar surface area (TPSA) is 81.6 Å². The van der Waals surface area contributed by atoms with Gasteiger partial charge in [-0.3, -0.25) is 4.79 Å². The maximum Gasteiger partial charge on any atom is 0.263 e. The third-order valence-electron chi connectivity index (χ3n) is 4.18. The molecule has 0 bridgehead atoms. The van der Waals surface area contributed by atoms with Crippen molar-refractivity contribution in [2.24, 2.45) is 0 Å². The van der Waals surface area contributed by atoms with Gasteiger partial charge in [0.2, 0.25) is 0 Å². The number of thiophene rings is 1. The van der Waals surface area contributed by atoms with E-state index in [4.69, 9.17) is 0 Å². The molecule has 1 amide bonds. The van der Waals surface area contributed by atoms with Crippen molar-refractivity contribution in [1.82, 2.24) is 14.9 Å². The van der Waals surface area contributed by atoms with Gasteiger partial charge in [-0.25, -0.2) is 9.97 Å². The van der Waals surface area contributed by atoms with Crippen molar-refractivity contribution in [1.29, 1.82) is 0 Å². The molecule has 3 rings (SSSR count). The highest BCUT2D eigenvalue weighted by atomic mass is 32.1. The highest BCUT2D eigenvalue weighted by molar-refractivity contribution is 7.12. The predicted molar refractivity (Wildman–Crippen MR) is 94.6 cm³/mol. The molecule has 1 saturated heterocycles. The molecule has 3 heterocycles. The summed E-state index contributed by atoms with van der Waals surface area (Å²) in [6, 6.07) is 5.51. The van der Waals surface area contributed by atoms with E-state index < -0.39 is 5.60 Å². The van der Waals surface area contributed by atoms with E-state index in [0.29, 0.717) is 30.9 Å². The van der Waals surface area contributed by atoms with Crippen LogP contribution in [0.5, 0.6) is 0 Å². The van der Waals surface area contributed by atoms with Crippen molar-refractivity contribution < 1.29 is 9.90 Å². The third kappa shape index (κ3) is 3.49. The number of aromatic nitrogens is 2. The van der Waals surface area contributed by atoms with Crippen LogP contribution in [-0.2, 0) is 0 Å². The number of carbonyl (C=O) groups is 1. The minimum absolute atomic E-state index is 0.0589. The van der Waals surface area contributed by atoms with Gasteiger partial charge in [0.05, 0.1) is 11.4 Å². The standard InChI is InChI=1S/C16H21N5O2S/c1-17-13-8-14(19-11-18-13)21-6-5-16(23,10-21)9-20(2)15(22)12-4-3-7-24-12/h3-4,7-8,11,23H,5-6,9-10H2,1-2H3,(H,17,18,19). The first-order chi connectivity index (χ1) is 11.5. The first-order valence-corrected chi connectivity index (χ1v) is 8.65. The van der Waals surface area contributed by atoms with Gasteiger partial charge in [0, 0.05) is 33.3 Å². The maximum absolute atomic E-state index is 12.4. The fraction of sp³-hybridized carbons (Fsp3) is 0.438. The van der Waals surface area contributed by atoms with Gasteiger partial charge in [-0.2, -0.15) is 0 Å². The van der Waals surface area contributed by atoms with Crippen LogP contribution in [-0.4, -0.2) is 65.2 Å². The number of nitrogens with zero attached hydrogens (tertiary/aromatic N) is 4. The molecule has 128 valence electrons. The molecule has 1 aliphatic rings. The smallest absolute Gasteiger partial charge is 0.263 e. The van der Waals surface area contributed by atoms with E-state index in [0.717, 1.165) is 11.6 Å². The van der Waals surface area contributed by atoms with Gasteiger partial charge in [0.15, 0.2) is 0 Å². The average molecular weight is 347 g/mol. The van der Waals surface area contributed by atoms with Gasteiger partial charge in [-0.15, -0.1) is 11.3 Å². The van der Waals surface area contributed by atoms with Crippen molar-refractivity contribution in [3.05, 3.63) is 34.8 Å². The Labute approximate surface area is 145 Å². The summed E-state index contributed by atoms with van der Waals surface area (Å²) in [4.78, 5) is 25.0. The van der Waals surface area contributed by atoms with E-state index in [1.165, 1.54) is 17.7 Å². The lowest BCUT2D eigenvalue weighted by atomic mass is 10.0. The van der Waals surface area contributed by atoms with Crippen molar-refractivity contribution in [2.45, 2.75) is 12.0 Å². The summed E-state index contributed by atoms with van der Waals surface area (Å²) < 4.78 is 0. The van der Waals surface area contributed by atoms with E-state index in [1.54, 1.807) is 25.1 Å². The second kappa shape index (κ2) is 6.74. The molecule has 1 unspecified atom stereocenters. The van der Waals surface area contributed by atoms with Crippen LogP contribution in [0.4, 0.5) is 11.6 Å². The fourth-order valence-corrected chi connectivity index (χ4v) is 3.66. The molecule has 0 aromatic carbocycles. The van der Waals surface area contributed by atoms with Gasteiger partial charge in [-0.1, -0.05) is 6.07 Å². The zero-order chi connectivity index (χ0) is 17.2. The summed E-state index contributed by atoms with van der Waals surface area (Å²) in [5.74, 6) is 1.45. The molecule has 0 spiro atoms. The molecule has 7 nitrogen and oxygen atoms in total. The Balaban J connectivity index is 1.65. The van der Waals surface area contributed by atoms with E-state index in [-0.39, 0.29) is 5.91 Å². The van der Waals surface area contributed by atoms with Crippen LogP contribution in [0.1, 0.15) is 16.1 Å². The zero-order valence-electron chi connectivity index (χ0n) is 13.8. The number of amides is 1. The molecular weight excluding hydrogens is 326 g/mol. The molecule has 24 heavy (non-hydrogen) atoms. The average Bonchev–Trinajstić information content (AvgIpc) is 3.24. The van der Waals surface area contributed by atoms with Gasteiger partial charge in [0.1, 0.15) is 23.6 Å². The number of hydrogen-bond donors (Lipinski definition) is 2. The van der Waals surface area contributed by atoms with Crippen LogP contribution in [0.3, 0.4) is 0 Å². The second-order valence-corrected chi connectivity index (χ2v) is 6.99. The lowest BCUT2D eigenvalue weighted by Gasteiger charge is -2.29. The zero-order valence-corrected chi connectivity index (χ0v) is 14.6. The number of nitrogens with one attached hydrogen (secondary N) is 1. The van der Waals surface area contributed by atoms with Crippen molar-refractivity contribution in [2.75, 3.05) is 43.9 Å². The molecule has 8 heteroatoms. The number of β-amino-alcohol motifs (C(OH)–C–C–N with tert-alkyl or cyclic N) is 1. The molecular formula is C16H21N5O2S. The molecule has 1 atom stereocenters. The minimum Gasteiger partial charge on any atom is -0.386 e. The molecule has 1 aliphatic heterocycles. The predicted octanol–water partition coefficient (Wildman–Crippen LogP) is 1.29. The van der Waals surface area contributed by atoms with Crippen molar-refractivity contribution in [3.8, 4) is 0 Å². The molecule has 0 aliphatic carbocycles. The van der Waals surface area contributed by atoms with Gasteiger partial charge >= 0.3 is 0 Å². The molecule has 0 saturated carbocycles. The van der Waals surface area contributed by atoms with Gasteiger partial charge in [-0.05, 0) is 17.9 Å². The molecule has 0 radical (unpaired) electrons. The summed E-state index contributed by atoms with van der Waals surface area (Å²) in [6.07, 6.45) is 2.10. The lowest BCUT2D eigenvalue weighted by molar-refractivity contribution is 0.0266. The monoisotopic (exact) mass is 347 g/mol. The fourth-order valence-electron chi connectivity index (χ4n) is 2.94. The summed E-state index contributed by atoms with van der Waals surface area (Å²) in [7, 11) is 3.53. The summed E-state index contributed by atoms with van der Waals surface area (Å²) in [5.41, 5.74) is -0.938. The molecule has 2 N–H and O–H groups in total. The Morgan fingerprint density at radius 2 is 2.38 bits per heavy atom. The highest BCUT2D eigenvalue weighted by Gasteiger charge is 2.38. The van der Waals surface area contributed by atoms with Crippen molar-refractivity contribution in [3.63, 3.8) is 0 Å². The quantitative estimate of drug-likeness (QED) is 0.848. The Kier molecular flexibility index (Phi) is 4.68. The van der Waals surface area contributed by atoms with Crippen LogP contribution in [0.15, 0.2) is 29.9 Å². The lowest BCUT2D eigenvalue weighted by Crippen LogP contribution is -2.45. The molecule has 1 fully saturated rings. The number of carbonyl (C=O) groups excluding carboxylic acids is 1. The first-order valence-electron chi connectivity index (χ1n) is 7.77. The second-order valence-electron chi connectivity index (χ2n) is 6.05. The van der Waals surface area contributed by atoms with Gasteiger partial charge < -0.3 is 20.2 Å². The largest absolute Gasteiger partial charge is 0.386 e. The Morgan fingerprint density at radius 3 is 3.08 bits per heavy atom. The van der Waals surface area contributed by atoms with E-state index in [1.807, 2.05) is 22.4 Å². The van der Waals surface area contributed by atoms with Crippen LogP contribution in [0.25, 0.3) is 0 Å². The summed E-state index contributed by atoms with van der Waals surface area (Å²) >= 11 is 1.41. The summed E-state index contributed by atoms with van der Waals surface area (Å²) in [6.45, 7) is 1.43. The van der Waals surface area contributed by atoms with E-state index in [9.17, 15) is 9.90 Å².